The van der Waals surface area contributed by atoms with Crippen LogP contribution in [-0.2, 0) is 13.0 Å². The molecule has 0 saturated heterocycles. The van der Waals surface area contributed by atoms with Crippen molar-refractivity contribution in [2.75, 3.05) is 6.54 Å². The van der Waals surface area contributed by atoms with Crippen LogP contribution in [0.2, 0.25) is 0 Å². The molecule has 0 aliphatic heterocycles. The maximum Gasteiger partial charge on any atom is 0.0926 e. The van der Waals surface area contributed by atoms with Crippen LogP contribution >= 0.6 is 11.3 Å². The normalized spacial score (nSPS) is 12.8. The van der Waals surface area contributed by atoms with E-state index in [0.717, 1.165) is 25.9 Å². The van der Waals surface area contributed by atoms with Gasteiger partial charge in [-0.2, -0.15) is 0 Å². The van der Waals surface area contributed by atoms with Gasteiger partial charge in [0, 0.05) is 23.8 Å². The molecule has 1 unspecified atom stereocenters. The van der Waals surface area contributed by atoms with Crippen molar-refractivity contribution in [2.24, 2.45) is 0 Å². The molecule has 0 spiro atoms. The number of nitrogens with one attached hydrogen (secondary N) is 1. The quantitative estimate of drug-likeness (QED) is 0.838. The highest BCUT2D eigenvalue weighted by molar-refractivity contribution is 7.09. The van der Waals surface area contributed by atoms with Crippen LogP contribution < -0.4 is 5.32 Å². The SMILES string of the molecule is CCNC(CC)c1ccn(Cc2csc(CC)n2)c1. The fraction of sp³-hybridized carbons (Fsp3) is 0.533. The fourth-order valence-corrected chi connectivity index (χ4v) is 3.02. The zero-order valence-corrected chi connectivity index (χ0v) is 12.8. The molecule has 0 aliphatic carbocycles. The van der Waals surface area contributed by atoms with Gasteiger partial charge in [0.25, 0.3) is 0 Å². The fourth-order valence-electron chi connectivity index (χ4n) is 2.28. The van der Waals surface area contributed by atoms with Crippen LogP contribution in [0, 0.1) is 0 Å². The Labute approximate surface area is 119 Å². The number of aryl methyl sites for hydroxylation is 1. The molecule has 2 heterocycles. The zero-order chi connectivity index (χ0) is 13.7. The van der Waals surface area contributed by atoms with Crippen molar-refractivity contribution in [1.29, 1.82) is 0 Å². The van der Waals surface area contributed by atoms with Crippen molar-refractivity contribution in [1.82, 2.24) is 14.9 Å². The number of thiazole rings is 1. The molecule has 104 valence electrons. The molecule has 1 atom stereocenters. The molecule has 2 rings (SSSR count). The van der Waals surface area contributed by atoms with Crippen molar-refractivity contribution < 1.29 is 0 Å². The first kappa shape index (κ1) is 14.3. The lowest BCUT2D eigenvalue weighted by molar-refractivity contribution is 0.536. The van der Waals surface area contributed by atoms with Crippen LogP contribution in [0.4, 0.5) is 0 Å². The van der Waals surface area contributed by atoms with Crippen LogP contribution in [0.3, 0.4) is 0 Å². The number of hydrogen-bond acceptors (Lipinski definition) is 3. The smallest absolute Gasteiger partial charge is 0.0926 e. The van der Waals surface area contributed by atoms with Gasteiger partial charge in [-0.25, -0.2) is 4.98 Å². The van der Waals surface area contributed by atoms with E-state index in [1.54, 1.807) is 11.3 Å². The molecule has 2 aromatic heterocycles. The molecule has 0 fully saturated rings. The summed E-state index contributed by atoms with van der Waals surface area (Å²) in [7, 11) is 0. The van der Waals surface area contributed by atoms with Gasteiger partial charge in [0.15, 0.2) is 0 Å². The van der Waals surface area contributed by atoms with E-state index in [1.807, 2.05) is 0 Å². The van der Waals surface area contributed by atoms with Crippen LogP contribution in [0.25, 0.3) is 0 Å². The topological polar surface area (TPSA) is 29.9 Å². The van der Waals surface area contributed by atoms with Gasteiger partial charge in [0.05, 0.1) is 17.2 Å². The van der Waals surface area contributed by atoms with Gasteiger partial charge >= 0.3 is 0 Å². The van der Waals surface area contributed by atoms with E-state index in [0.29, 0.717) is 6.04 Å². The zero-order valence-electron chi connectivity index (χ0n) is 12.0. The molecule has 2 aromatic rings. The van der Waals surface area contributed by atoms with Crippen molar-refractivity contribution in [2.45, 2.75) is 46.2 Å². The second kappa shape index (κ2) is 6.87. The Balaban J connectivity index is 2.04. The molecule has 0 aliphatic rings. The molecule has 3 nitrogen and oxygen atoms in total. The highest BCUT2D eigenvalue weighted by Crippen LogP contribution is 2.18. The highest BCUT2D eigenvalue weighted by atomic mass is 32.1. The van der Waals surface area contributed by atoms with E-state index in [4.69, 9.17) is 0 Å². The maximum atomic E-state index is 4.62. The van der Waals surface area contributed by atoms with E-state index in [1.165, 1.54) is 16.3 Å². The maximum absolute atomic E-state index is 4.62. The van der Waals surface area contributed by atoms with Crippen molar-refractivity contribution in [3.8, 4) is 0 Å². The average molecular weight is 277 g/mol. The Morgan fingerprint density at radius 1 is 1.37 bits per heavy atom. The summed E-state index contributed by atoms with van der Waals surface area (Å²) in [4.78, 5) is 4.62. The third-order valence-electron chi connectivity index (χ3n) is 3.28. The van der Waals surface area contributed by atoms with E-state index in [2.05, 4.69) is 59.5 Å². The first-order valence-corrected chi connectivity index (χ1v) is 7.97. The van der Waals surface area contributed by atoms with Crippen LogP contribution in [0.5, 0.6) is 0 Å². The second-order valence-corrected chi connectivity index (χ2v) is 5.66. The van der Waals surface area contributed by atoms with Gasteiger partial charge in [-0.05, 0) is 31.0 Å². The average Bonchev–Trinajstić information content (AvgIpc) is 3.05. The number of hydrogen-bond donors (Lipinski definition) is 1. The van der Waals surface area contributed by atoms with Gasteiger partial charge < -0.3 is 9.88 Å². The summed E-state index contributed by atoms with van der Waals surface area (Å²) in [5.74, 6) is 0. The van der Waals surface area contributed by atoms with Crippen LogP contribution in [0.1, 0.15) is 49.5 Å². The van der Waals surface area contributed by atoms with Crippen LogP contribution in [-0.4, -0.2) is 16.1 Å². The molecule has 0 aromatic carbocycles. The number of nitrogens with zero attached hydrogens (tertiary/aromatic N) is 2. The van der Waals surface area contributed by atoms with E-state index in [-0.39, 0.29) is 0 Å². The Morgan fingerprint density at radius 2 is 2.21 bits per heavy atom. The molecule has 0 saturated carbocycles. The molecular weight excluding hydrogens is 254 g/mol. The molecule has 0 radical (unpaired) electrons. The lowest BCUT2D eigenvalue weighted by Crippen LogP contribution is -2.19. The molecule has 19 heavy (non-hydrogen) atoms. The highest BCUT2D eigenvalue weighted by Gasteiger charge is 2.09. The summed E-state index contributed by atoms with van der Waals surface area (Å²) < 4.78 is 2.23. The van der Waals surface area contributed by atoms with E-state index < -0.39 is 0 Å². The monoisotopic (exact) mass is 277 g/mol. The van der Waals surface area contributed by atoms with Crippen molar-refractivity contribution in [3.63, 3.8) is 0 Å². The Hall–Kier alpha value is -1.13. The van der Waals surface area contributed by atoms with Gasteiger partial charge in [0.2, 0.25) is 0 Å². The van der Waals surface area contributed by atoms with E-state index >= 15 is 0 Å². The van der Waals surface area contributed by atoms with Crippen molar-refractivity contribution in [3.05, 3.63) is 40.1 Å². The lowest BCUT2D eigenvalue weighted by atomic mass is 10.1. The predicted octanol–water partition coefficient (Wildman–Crippen LogP) is 3.62. The van der Waals surface area contributed by atoms with Crippen molar-refractivity contribution >= 4 is 11.3 Å². The number of aromatic nitrogens is 2. The molecular formula is C15H23N3S. The summed E-state index contributed by atoms with van der Waals surface area (Å²) in [5.41, 5.74) is 2.54. The van der Waals surface area contributed by atoms with Gasteiger partial charge in [-0.3, -0.25) is 0 Å². The Bertz CT molecular complexity index is 501. The molecule has 0 amide bonds. The molecule has 0 bridgehead atoms. The third-order valence-corrected chi connectivity index (χ3v) is 4.32. The molecule has 1 N–H and O–H groups in total. The van der Waals surface area contributed by atoms with Crippen LogP contribution in [0.15, 0.2) is 23.8 Å². The van der Waals surface area contributed by atoms with Gasteiger partial charge in [-0.1, -0.05) is 20.8 Å². The Morgan fingerprint density at radius 3 is 2.84 bits per heavy atom. The lowest BCUT2D eigenvalue weighted by Gasteiger charge is -2.13. The standard InChI is InChI=1S/C15H23N3S/c1-4-14(16-6-3)12-7-8-18(9-12)10-13-11-19-15(5-2)17-13/h7-9,11,14,16H,4-6,10H2,1-3H3. The van der Waals surface area contributed by atoms with E-state index in [9.17, 15) is 0 Å². The minimum Gasteiger partial charge on any atom is -0.348 e. The summed E-state index contributed by atoms with van der Waals surface area (Å²) >= 11 is 1.76. The third kappa shape index (κ3) is 3.67. The predicted molar refractivity (Wildman–Crippen MR) is 81.7 cm³/mol. The molecule has 4 heteroatoms. The van der Waals surface area contributed by atoms with Gasteiger partial charge in [-0.15, -0.1) is 11.3 Å². The first-order valence-electron chi connectivity index (χ1n) is 7.09. The first-order chi connectivity index (χ1) is 9.26. The largest absolute Gasteiger partial charge is 0.348 e. The minimum absolute atomic E-state index is 0.466. The number of rotatable bonds is 7. The Kier molecular flexibility index (Phi) is 5.16. The van der Waals surface area contributed by atoms with Gasteiger partial charge in [0.1, 0.15) is 0 Å². The summed E-state index contributed by atoms with van der Waals surface area (Å²) in [6.45, 7) is 8.41. The summed E-state index contributed by atoms with van der Waals surface area (Å²) in [6.07, 6.45) is 6.54. The minimum atomic E-state index is 0.466. The summed E-state index contributed by atoms with van der Waals surface area (Å²) in [6, 6.07) is 2.68. The summed E-state index contributed by atoms with van der Waals surface area (Å²) in [5, 5.41) is 6.90. The second-order valence-electron chi connectivity index (χ2n) is 4.72.